The van der Waals surface area contributed by atoms with Crippen LogP contribution in [0.5, 0.6) is 0 Å². The highest BCUT2D eigenvalue weighted by molar-refractivity contribution is 5.85. The number of aromatic nitrogens is 1. The van der Waals surface area contributed by atoms with Gasteiger partial charge in [0.1, 0.15) is 0 Å². The zero-order valence-corrected chi connectivity index (χ0v) is 13.0. The number of nitrogens with one attached hydrogen (secondary N) is 2. The molecular formula is C16H20N4O2. The van der Waals surface area contributed by atoms with Crippen LogP contribution < -0.4 is 15.5 Å². The van der Waals surface area contributed by atoms with Crippen molar-refractivity contribution in [3.63, 3.8) is 0 Å². The van der Waals surface area contributed by atoms with Gasteiger partial charge >= 0.3 is 6.09 Å². The van der Waals surface area contributed by atoms with Gasteiger partial charge in [-0.1, -0.05) is 6.07 Å². The van der Waals surface area contributed by atoms with Gasteiger partial charge in [-0.15, -0.1) is 0 Å². The molecule has 2 rings (SSSR count). The van der Waals surface area contributed by atoms with Crippen LogP contribution in [0.1, 0.15) is 5.56 Å². The van der Waals surface area contributed by atoms with Crippen LogP contribution in [0.4, 0.5) is 21.9 Å². The molecule has 0 bridgehead atoms. The molecule has 6 nitrogen and oxygen atoms in total. The number of amides is 1. The lowest BCUT2D eigenvalue weighted by Gasteiger charge is -2.17. The number of ether oxygens (including phenoxy) is 1. The first-order valence-corrected chi connectivity index (χ1v) is 6.89. The van der Waals surface area contributed by atoms with Crippen molar-refractivity contribution in [3.8, 4) is 0 Å². The second-order valence-electron chi connectivity index (χ2n) is 4.95. The van der Waals surface area contributed by atoms with E-state index in [-0.39, 0.29) is 0 Å². The van der Waals surface area contributed by atoms with Crippen LogP contribution in [0.15, 0.2) is 42.7 Å². The van der Waals surface area contributed by atoms with Gasteiger partial charge in [-0.3, -0.25) is 10.3 Å². The minimum Gasteiger partial charge on any atom is -0.453 e. The van der Waals surface area contributed by atoms with E-state index in [0.717, 1.165) is 16.9 Å². The molecule has 6 heteroatoms. The lowest BCUT2D eigenvalue weighted by atomic mass is 10.2. The van der Waals surface area contributed by atoms with Crippen LogP contribution >= 0.6 is 0 Å². The Morgan fingerprint density at radius 1 is 1.27 bits per heavy atom. The van der Waals surface area contributed by atoms with Crippen LogP contribution in [-0.2, 0) is 11.3 Å². The normalized spacial score (nSPS) is 9.95. The van der Waals surface area contributed by atoms with Gasteiger partial charge in [-0.2, -0.15) is 0 Å². The Morgan fingerprint density at radius 3 is 2.77 bits per heavy atom. The molecule has 1 aromatic heterocycles. The summed E-state index contributed by atoms with van der Waals surface area (Å²) in [5.41, 5.74) is 3.79. The Bertz CT molecular complexity index is 644. The summed E-state index contributed by atoms with van der Waals surface area (Å²) in [6.07, 6.45) is 3.14. The van der Waals surface area contributed by atoms with E-state index in [1.807, 2.05) is 49.5 Å². The average Bonchev–Trinajstić information content (AvgIpc) is 2.53. The number of hydrogen-bond donors (Lipinski definition) is 2. The molecule has 0 atom stereocenters. The third-order valence-electron chi connectivity index (χ3n) is 3.14. The number of carbonyl (C=O) groups is 1. The van der Waals surface area contributed by atoms with Crippen LogP contribution in [0.3, 0.4) is 0 Å². The molecule has 0 saturated heterocycles. The Balaban J connectivity index is 2.06. The average molecular weight is 300 g/mol. The largest absolute Gasteiger partial charge is 0.453 e. The molecule has 0 aliphatic rings. The van der Waals surface area contributed by atoms with Crippen LogP contribution in [0, 0.1) is 0 Å². The van der Waals surface area contributed by atoms with Gasteiger partial charge < -0.3 is 15.0 Å². The second kappa shape index (κ2) is 7.31. The van der Waals surface area contributed by atoms with Crippen molar-refractivity contribution in [2.45, 2.75) is 6.54 Å². The molecule has 1 heterocycles. The summed E-state index contributed by atoms with van der Waals surface area (Å²) < 4.78 is 4.58. The number of anilines is 3. The zero-order chi connectivity index (χ0) is 15.9. The molecule has 0 aliphatic heterocycles. The Kier molecular flexibility index (Phi) is 5.19. The van der Waals surface area contributed by atoms with E-state index in [2.05, 4.69) is 20.4 Å². The summed E-state index contributed by atoms with van der Waals surface area (Å²) in [4.78, 5) is 17.4. The van der Waals surface area contributed by atoms with Crippen LogP contribution in [0.25, 0.3) is 0 Å². The molecule has 0 radical (unpaired) electrons. The fourth-order valence-corrected chi connectivity index (χ4v) is 2.07. The predicted molar refractivity (Wildman–Crippen MR) is 88.4 cm³/mol. The third kappa shape index (κ3) is 4.12. The fraction of sp³-hybridized carbons (Fsp3) is 0.250. The molecule has 0 saturated carbocycles. The van der Waals surface area contributed by atoms with Gasteiger partial charge in [0.2, 0.25) is 0 Å². The Hall–Kier alpha value is -2.76. The van der Waals surface area contributed by atoms with Gasteiger partial charge in [0.25, 0.3) is 0 Å². The van der Waals surface area contributed by atoms with Gasteiger partial charge in [0.15, 0.2) is 0 Å². The molecule has 22 heavy (non-hydrogen) atoms. The van der Waals surface area contributed by atoms with E-state index in [4.69, 9.17) is 0 Å². The van der Waals surface area contributed by atoms with E-state index < -0.39 is 6.09 Å². The number of hydrogen-bond acceptors (Lipinski definition) is 5. The van der Waals surface area contributed by atoms with Crippen LogP contribution in [0.2, 0.25) is 0 Å². The predicted octanol–water partition coefficient (Wildman–Crippen LogP) is 2.94. The van der Waals surface area contributed by atoms with Gasteiger partial charge in [0.05, 0.1) is 7.11 Å². The number of rotatable bonds is 5. The molecule has 2 aromatic rings. The number of methoxy groups -OCH3 is 1. The van der Waals surface area contributed by atoms with Crippen molar-refractivity contribution >= 4 is 23.2 Å². The maximum absolute atomic E-state index is 11.2. The molecule has 0 spiro atoms. The number of nitrogens with zero attached hydrogens (tertiary/aromatic N) is 2. The maximum atomic E-state index is 11.2. The van der Waals surface area contributed by atoms with Gasteiger partial charge in [-0.05, 0) is 24.3 Å². The van der Waals surface area contributed by atoms with Crippen LogP contribution in [-0.4, -0.2) is 32.3 Å². The minimum atomic E-state index is -0.487. The Labute approximate surface area is 130 Å². The van der Waals surface area contributed by atoms with E-state index in [1.165, 1.54) is 7.11 Å². The SMILES string of the molecule is COC(=O)Nc1cccc(NCc2cnccc2N(C)C)c1. The van der Waals surface area contributed by atoms with Crippen molar-refractivity contribution in [1.29, 1.82) is 0 Å². The first kappa shape index (κ1) is 15.6. The molecular weight excluding hydrogens is 280 g/mol. The lowest BCUT2D eigenvalue weighted by Crippen LogP contribution is -2.13. The summed E-state index contributed by atoms with van der Waals surface area (Å²) in [7, 11) is 5.34. The van der Waals surface area contributed by atoms with Crippen molar-refractivity contribution in [2.24, 2.45) is 0 Å². The minimum absolute atomic E-state index is 0.487. The molecule has 1 aromatic carbocycles. The highest BCUT2D eigenvalue weighted by Gasteiger charge is 2.05. The highest BCUT2D eigenvalue weighted by atomic mass is 16.5. The fourth-order valence-electron chi connectivity index (χ4n) is 2.07. The second-order valence-corrected chi connectivity index (χ2v) is 4.95. The van der Waals surface area contributed by atoms with Crippen molar-refractivity contribution in [1.82, 2.24) is 4.98 Å². The Morgan fingerprint density at radius 2 is 2.05 bits per heavy atom. The van der Waals surface area contributed by atoms with Gasteiger partial charge in [-0.25, -0.2) is 4.79 Å². The van der Waals surface area contributed by atoms with E-state index in [0.29, 0.717) is 12.2 Å². The standard InChI is InChI=1S/C16H20N4O2/c1-20(2)15-7-8-17-10-12(15)11-18-13-5-4-6-14(9-13)19-16(21)22-3/h4-10,18H,11H2,1-3H3,(H,19,21). The molecule has 0 aliphatic carbocycles. The van der Waals surface area contributed by atoms with Crippen molar-refractivity contribution in [3.05, 3.63) is 48.3 Å². The molecule has 0 fully saturated rings. The van der Waals surface area contributed by atoms with E-state index >= 15 is 0 Å². The molecule has 1 amide bonds. The van der Waals surface area contributed by atoms with E-state index in [9.17, 15) is 4.79 Å². The first-order valence-electron chi connectivity index (χ1n) is 6.89. The quantitative estimate of drug-likeness (QED) is 0.888. The lowest BCUT2D eigenvalue weighted by molar-refractivity contribution is 0.187. The molecule has 0 unspecified atom stereocenters. The van der Waals surface area contributed by atoms with Crippen molar-refractivity contribution < 1.29 is 9.53 Å². The maximum Gasteiger partial charge on any atom is 0.411 e. The number of pyridine rings is 1. The topological polar surface area (TPSA) is 66.5 Å². The number of benzene rings is 1. The summed E-state index contributed by atoms with van der Waals surface area (Å²) in [6.45, 7) is 0.642. The summed E-state index contributed by atoms with van der Waals surface area (Å²) in [6, 6.07) is 9.43. The zero-order valence-electron chi connectivity index (χ0n) is 13.0. The highest BCUT2D eigenvalue weighted by Crippen LogP contribution is 2.20. The summed E-state index contributed by atoms with van der Waals surface area (Å²) >= 11 is 0. The van der Waals surface area contributed by atoms with E-state index in [1.54, 1.807) is 12.3 Å². The summed E-state index contributed by atoms with van der Waals surface area (Å²) in [5, 5.41) is 5.97. The smallest absolute Gasteiger partial charge is 0.411 e. The number of carbonyl (C=O) groups excluding carboxylic acids is 1. The van der Waals surface area contributed by atoms with Gasteiger partial charge in [0, 0.05) is 55.7 Å². The summed E-state index contributed by atoms with van der Waals surface area (Å²) in [5.74, 6) is 0. The monoisotopic (exact) mass is 300 g/mol. The third-order valence-corrected chi connectivity index (χ3v) is 3.14. The molecule has 2 N–H and O–H groups in total. The molecule has 116 valence electrons. The van der Waals surface area contributed by atoms with Crippen molar-refractivity contribution in [2.75, 3.05) is 36.7 Å². The first-order chi connectivity index (χ1) is 10.6.